The van der Waals surface area contributed by atoms with Crippen LogP contribution in [0, 0.1) is 0 Å². The summed E-state index contributed by atoms with van der Waals surface area (Å²) >= 11 is 0. The van der Waals surface area contributed by atoms with E-state index in [0.29, 0.717) is 5.95 Å². The standard InChI is InChI=1S/C7H7N3O2/c11-6(12)2-5-10-7-8-3-1-4-9-7/h1-5H,(H,11,12)(H,8,9,10). The van der Waals surface area contributed by atoms with Crippen LogP contribution in [0.2, 0.25) is 0 Å². The van der Waals surface area contributed by atoms with E-state index in [2.05, 4.69) is 15.3 Å². The molecule has 12 heavy (non-hydrogen) atoms. The summed E-state index contributed by atoms with van der Waals surface area (Å²) < 4.78 is 0. The highest BCUT2D eigenvalue weighted by molar-refractivity contribution is 5.80. The fraction of sp³-hybridized carbons (Fsp3) is 0. The first-order valence-corrected chi connectivity index (χ1v) is 3.22. The molecule has 0 aromatic carbocycles. The highest BCUT2D eigenvalue weighted by Gasteiger charge is 1.88. The highest BCUT2D eigenvalue weighted by Crippen LogP contribution is 1.92. The van der Waals surface area contributed by atoms with Crippen LogP contribution in [-0.2, 0) is 4.79 Å². The van der Waals surface area contributed by atoms with Gasteiger partial charge in [-0.3, -0.25) is 0 Å². The minimum Gasteiger partial charge on any atom is -0.478 e. The van der Waals surface area contributed by atoms with Crippen molar-refractivity contribution in [2.24, 2.45) is 0 Å². The lowest BCUT2D eigenvalue weighted by atomic mass is 10.6. The van der Waals surface area contributed by atoms with E-state index in [0.717, 1.165) is 6.08 Å². The van der Waals surface area contributed by atoms with E-state index in [1.807, 2.05) is 0 Å². The van der Waals surface area contributed by atoms with Crippen molar-refractivity contribution in [3.8, 4) is 0 Å². The number of rotatable bonds is 3. The third-order valence-electron chi connectivity index (χ3n) is 1.00. The molecule has 2 N–H and O–H groups in total. The molecule has 0 spiro atoms. The van der Waals surface area contributed by atoms with Gasteiger partial charge in [0.25, 0.3) is 0 Å². The van der Waals surface area contributed by atoms with E-state index in [1.165, 1.54) is 6.20 Å². The summed E-state index contributed by atoms with van der Waals surface area (Å²) in [6.07, 6.45) is 5.35. The SMILES string of the molecule is O=C(O)C=CNc1ncccn1. The van der Waals surface area contributed by atoms with Crippen molar-refractivity contribution in [1.29, 1.82) is 0 Å². The van der Waals surface area contributed by atoms with E-state index >= 15 is 0 Å². The Hall–Kier alpha value is -1.91. The summed E-state index contributed by atoms with van der Waals surface area (Å²) in [7, 11) is 0. The maximum Gasteiger partial charge on any atom is 0.329 e. The molecule has 0 aliphatic heterocycles. The van der Waals surface area contributed by atoms with Crippen molar-refractivity contribution in [3.63, 3.8) is 0 Å². The Morgan fingerprint density at radius 2 is 2.17 bits per heavy atom. The van der Waals surface area contributed by atoms with Crippen LogP contribution in [0.4, 0.5) is 5.95 Å². The number of hydrogen-bond acceptors (Lipinski definition) is 4. The van der Waals surface area contributed by atoms with Gasteiger partial charge in [0.2, 0.25) is 5.95 Å². The highest BCUT2D eigenvalue weighted by atomic mass is 16.4. The normalized spacial score (nSPS) is 10.0. The van der Waals surface area contributed by atoms with Crippen molar-refractivity contribution < 1.29 is 9.90 Å². The topological polar surface area (TPSA) is 75.1 Å². The molecule has 0 fully saturated rings. The molecule has 5 nitrogen and oxygen atoms in total. The number of aliphatic carboxylic acids is 1. The molecule has 1 heterocycles. The van der Waals surface area contributed by atoms with E-state index in [9.17, 15) is 4.79 Å². The van der Waals surface area contributed by atoms with E-state index < -0.39 is 5.97 Å². The monoisotopic (exact) mass is 165 g/mol. The molecular formula is C7H7N3O2. The Morgan fingerprint density at radius 3 is 2.75 bits per heavy atom. The molecule has 0 saturated heterocycles. The quantitative estimate of drug-likeness (QED) is 0.637. The Bertz CT molecular complexity index is 284. The van der Waals surface area contributed by atoms with Gasteiger partial charge in [0.1, 0.15) is 0 Å². The molecule has 0 radical (unpaired) electrons. The second-order valence-electron chi connectivity index (χ2n) is 1.89. The zero-order valence-corrected chi connectivity index (χ0v) is 6.14. The second-order valence-corrected chi connectivity index (χ2v) is 1.89. The lowest BCUT2D eigenvalue weighted by Crippen LogP contribution is -1.95. The molecule has 62 valence electrons. The van der Waals surface area contributed by atoms with Crippen LogP contribution in [0.1, 0.15) is 0 Å². The first-order valence-electron chi connectivity index (χ1n) is 3.22. The summed E-state index contributed by atoms with van der Waals surface area (Å²) in [5.74, 6) is -0.645. The number of hydrogen-bond donors (Lipinski definition) is 2. The van der Waals surface area contributed by atoms with Gasteiger partial charge in [0.05, 0.1) is 0 Å². The molecule has 0 atom stereocenters. The Labute approximate surface area is 68.8 Å². The van der Waals surface area contributed by atoms with Crippen LogP contribution in [-0.4, -0.2) is 21.0 Å². The van der Waals surface area contributed by atoms with Crippen LogP contribution in [0.3, 0.4) is 0 Å². The van der Waals surface area contributed by atoms with Gasteiger partial charge in [-0.1, -0.05) is 0 Å². The van der Waals surface area contributed by atoms with E-state index in [-0.39, 0.29) is 0 Å². The largest absolute Gasteiger partial charge is 0.478 e. The third kappa shape index (κ3) is 2.78. The summed E-state index contributed by atoms with van der Waals surface area (Å²) in [5, 5.41) is 10.8. The molecule has 0 aliphatic rings. The molecule has 0 saturated carbocycles. The zero-order valence-electron chi connectivity index (χ0n) is 6.14. The first kappa shape index (κ1) is 8.19. The van der Waals surface area contributed by atoms with Gasteiger partial charge in [-0.15, -0.1) is 0 Å². The maximum absolute atomic E-state index is 10.0. The molecule has 0 bridgehead atoms. The summed E-state index contributed by atoms with van der Waals surface area (Å²) in [6.45, 7) is 0. The number of aromatic nitrogens is 2. The van der Waals surface area contributed by atoms with Crippen molar-refractivity contribution >= 4 is 11.9 Å². The van der Waals surface area contributed by atoms with Gasteiger partial charge in [0, 0.05) is 24.7 Å². The van der Waals surface area contributed by atoms with Crippen molar-refractivity contribution in [1.82, 2.24) is 9.97 Å². The van der Waals surface area contributed by atoms with Gasteiger partial charge in [0.15, 0.2) is 0 Å². The van der Waals surface area contributed by atoms with Gasteiger partial charge >= 0.3 is 5.97 Å². The van der Waals surface area contributed by atoms with Crippen molar-refractivity contribution in [2.75, 3.05) is 5.32 Å². The lowest BCUT2D eigenvalue weighted by Gasteiger charge is -1.94. The third-order valence-corrected chi connectivity index (χ3v) is 1.00. The number of nitrogens with one attached hydrogen (secondary N) is 1. The van der Waals surface area contributed by atoms with Gasteiger partial charge in [-0.2, -0.15) is 0 Å². The van der Waals surface area contributed by atoms with Crippen molar-refractivity contribution in [3.05, 3.63) is 30.7 Å². The van der Waals surface area contributed by atoms with Gasteiger partial charge < -0.3 is 10.4 Å². The minimum atomic E-state index is -1.02. The van der Waals surface area contributed by atoms with Gasteiger partial charge in [-0.25, -0.2) is 14.8 Å². The summed E-state index contributed by atoms with van der Waals surface area (Å²) in [4.78, 5) is 17.6. The molecule has 1 aromatic heterocycles. The average molecular weight is 165 g/mol. The van der Waals surface area contributed by atoms with E-state index in [4.69, 9.17) is 5.11 Å². The molecule has 0 aliphatic carbocycles. The van der Waals surface area contributed by atoms with Crippen LogP contribution in [0.5, 0.6) is 0 Å². The number of carbonyl (C=O) groups is 1. The minimum absolute atomic E-state index is 0.370. The first-order chi connectivity index (χ1) is 5.79. The summed E-state index contributed by atoms with van der Waals surface area (Å²) in [6, 6.07) is 1.67. The number of nitrogens with zero attached hydrogens (tertiary/aromatic N) is 2. The fourth-order valence-corrected chi connectivity index (χ4v) is 0.561. The molecule has 1 rings (SSSR count). The molecule has 1 aromatic rings. The van der Waals surface area contributed by atoms with Crippen LogP contribution < -0.4 is 5.32 Å². The van der Waals surface area contributed by atoms with Crippen LogP contribution in [0.25, 0.3) is 0 Å². The fourth-order valence-electron chi connectivity index (χ4n) is 0.561. The number of carboxylic acid groups (broad SMARTS) is 1. The maximum atomic E-state index is 10.0. The second kappa shape index (κ2) is 4.07. The lowest BCUT2D eigenvalue weighted by molar-refractivity contribution is -0.131. The Morgan fingerprint density at radius 1 is 1.50 bits per heavy atom. The number of anilines is 1. The predicted molar refractivity (Wildman–Crippen MR) is 42.4 cm³/mol. The number of carboxylic acids is 1. The molecule has 0 amide bonds. The van der Waals surface area contributed by atoms with Crippen LogP contribution >= 0.6 is 0 Å². The average Bonchev–Trinajstić information content (AvgIpc) is 2.05. The van der Waals surface area contributed by atoms with E-state index in [1.54, 1.807) is 18.5 Å². The zero-order chi connectivity index (χ0) is 8.81. The van der Waals surface area contributed by atoms with Crippen LogP contribution in [0.15, 0.2) is 30.7 Å². The van der Waals surface area contributed by atoms with Gasteiger partial charge in [-0.05, 0) is 6.07 Å². The summed E-state index contributed by atoms with van der Waals surface area (Å²) in [5.41, 5.74) is 0. The molecular weight excluding hydrogens is 158 g/mol. The molecule has 0 unspecified atom stereocenters. The van der Waals surface area contributed by atoms with Crippen molar-refractivity contribution in [2.45, 2.75) is 0 Å². The predicted octanol–water partition coefficient (Wildman–Crippen LogP) is 0.487. The molecule has 5 heteroatoms. The smallest absolute Gasteiger partial charge is 0.329 e. The Balaban J connectivity index is 2.49. The Kier molecular flexibility index (Phi) is 2.78.